The van der Waals surface area contributed by atoms with Crippen LogP contribution in [0.4, 0.5) is 5.69 Å². The molecule has 0 spiro atoms. The number of nitriles is 1. The van der Waals surface area contributed by atoms with Gasteiger partial charge in [-0.1, -0.05) is 121 Å². The molecule has 4 heteroatoms. The van der Waals surface area contributed by atoms with Gasteiger partial charge in [0.05, 0.1) is 46.0 Å². The first-order valence-corrected chi connectivity index (χ1v) is 15.9. The number of fused-ring (bicyclic) bond motifs is 6. The maximum absolute atomic E-state index is 10.6. The number of para-hydroxylation sites is 4. The minimum Gasteiger partial charge on any atom is -0.318 e. The van der Waals surface area contributed by atoms with E-state index < -0.39 is 0 Å². The van der Waals surface area contributed by atoms with E-state index in [4.69, 9.17) is 6.57 Å². The first-order valence-electron chi connectivity index (χ1n) is 15.9. The topological polar surface area (TPSA) is 38.0 Å². The van der Waals surface area contributed by atoms with Gasteiger partial charge in [-0.3, -0.25) is 0 Å². The van der Waals surface area contributed by atoms with Crippen LogP contribution in [0, 0.1) is 17.9 Å². The molecule has 7 aromatic carbocycles. The summed E-state index contributed by atoms with van der Waals surface area (Å²) in [5.41, 5.74) is 10.7. The summed E-state index contributed by atoms with van der Waals surface area (Å²) in [7, 11) is 0. The Labute approximate surface area is 277 Å². The zero-order valence-corrected chi connectivity index (χ0v) is 25.8. The predicted molar refractivity (Wildman–Crippen MR) is 197 cm³/mol. The molecule has 0 unspecified atom stereocenters. The van der Waals surface area contributed by atoms with E-state index in [9.17, 15) is 5.26 Å². The van der Waals surface area contributed by atoms with Gasteiger partial charge in [0.25, 0.3) is 0 Å². The minimum absolute atomic E-state index is 0.490. The largest absolute Gasteiger partial charge is 0.318 e. The zero-order valence-electron chi connectivity index (χ0n) is 25.8. The molecular formula is C44H26N4. The van der Waals surface area contributed by atoms with Crippen LogP contribution in [0.1, 0.15) is 5.56 Å². The van der Waals surface area contributed by atoms with E-state index in [2.05, 4.69) is 129 Å². The number of hydrogen-bond donors (Lipinski definition) is 0. The van der Waals surface area contributed by atoms with Crippen molar-refractivity contribution in [2.75, 3.05) is 0 Å². The highest BCUT2D eigenvalue weighted by Crippen LogP contribution is 2.45. The Morgan fingerprint density at radius 2 is 1.00 bits per heavy atom. The first kappa shape index (κ1) is 27.4. The van der Waals surface area contributed by atoms with Crippen molar-refractivity contribution in [2.24, 2.45) is 0 Å². The summed E-state index contributed by atoms with van der Waals surface area (Å²) in [6.45, 7) is 8.27. The molecule has 0 saturated carbocycles. The second-order valence-electron chi connectivity index (χ2n) is 11.9. The molecule has 2 aromatic heterocycles. The average Bonchev–Trinajstić information content (AvgIpc) is 3.67. The van der Waals surface area contributed by atoms with Gasteiger partial charge in [0, 0.05) is 32.8 Å². The van der Waals surface area contributed by atoms with Gasteiger partial charge >= 0.3 is 0 Å². The third kappa shape index (κ3) is 4.01. The Balaban J connectivity index is 1.33. The van der Waals surface area contributed by atoms with Crippen molar-refractivity contribution >= 4 is 49.3 Å². The van der Waals surface area contributed by atoms with Crippen molar-refractivity contribution in [1.29, 1.82) is 5.26 Å². The molecule has 2 heterocycles. The molecule has 4 nitrogen and oxygen atoms in total. The van der Waals surface area contributed by atoms with Crippen LogP contribution < -0.4 is 0 Å². The fourth-order valence-electron chi connectivity index (χ4n) is 7.39. The number of nitrogens with zero attached hydrogens (tertiary/aromatic N) is 4. The Bertz CT molecular complexity index is 2710. The quantitative estimate of drug-likeness (QED) is 0.183. The van der Waals surface area contributed by atoms with E-state index in [1.807, 2.05) is 36.4 Å². The van der Waals surface area contributed by atoms with Gasteiger partial charge in [0.2, 0.25) is 5.69 Å². The Morgan fingerprint density at radius 1 is 0.500 bits per heavy atom. The van der Waals surface area contributed by atoms with Crippen molar-refractivity contribution in [2.45, 2.75) is 0 Å². The van der Waals surface area contributed by atoms with E-state index in [1.54, 1.807) is 12.1 Å². The van der Waals surface area contributed by atoms with Crippen LogP contribution in [0.15, 0.2) is 158 Å². The highest BCUT2D eigenvalue weighted by molar-refractivity contribution is 6.11. The average molecular weight is 611 g/mol. The highest BCUT2D eigenvalue weighted by Gasteiger charge is 2.23. The van der Waals surface area contributed by atoms with Crippen molar-refractivity contribution < 1.29 is 0 Å². The first-order chi connectivity index (χ1) is 23.8. The van der Waals surface area contributed by atoms with Crippen LogP contribution in [-0.4, -0.2) is 9.13 Å². The van der Waals surface area contributed by atoms with Crippen molar-refractivity contribution in [3.05, 3.63) is 175 Å². The van der Waals surface area contributed by atoms with Gasteiger partial charge in [-0.2, -0.15) is 5.26 Å². The molecule has 0 radical (unpaired) electrons. The van der Waals surface area contributed by atoms with E-state index >= 15 is 0 Å². The Kier molecular flexibility index (Phi) is 6.22. The molecule has 0 saturated heterocycles. The molecule has 0 aliphatic carbocycles. The molecule has 0 N–H and O–H groups in total. The maximum atomic E-state index is 10.6. The number of hydrogen-bond acceptors (Lipinski definition) is 1. The molecule has 0 atom stereocenters. The van der Waals surface area contributed by atoms with Gasteiger partial charge in [-0.15, -0.1) is 0 Å². The second-order valence-corrected chi connectivity index (χ2v) is 11.9. The molecular weight excluding hydrogens is 585 g/mol. The van der Waals surface area contributed by atoms with E-state index in [-0.39, 0.29) is 0 Å². The summed E-state index contributed by atoms with van der Waals surface area (Å²) in [4.78, 5) is 4.03. The lowest BCUT2D eigenvalue weighted by Crippen LogP contribution is -2.01. The number of rotatable bonds is 4. The third-order valence-corrected chi connectivity index (χ3v) is 9.39. The monoisotopic (exact) mass is 610 g/mol. The number of benzene rings is 7. The fourth-order valence-corrected chi connectivity index (χ4v) is 7.39. The van der Waals surface area contributed by atoms with Gasteiger partial charge in [0.15, 0.2) is 0 Å². The lowest BCUT2D eigenvalue weighted by atomic mass is 9.90. The lowest BCUT2D eigenvalue weighted by molar-refractivity contribution is 1.18. The zero-order chi connectivity index (χ0) is 32.2. The molecule has 222 valence electrons. The van der Waals surface area contributed by atoms with Crippen LogP contribution in [-0.2, 0) is 0 Å². The van der Waals surface area contributed by atoms with Gasteiger partial charge in [-0.05, 0) is 53.1 Å². The standard InChI is InChI=1S/C44H26N4/c1-46-38-26-25-30(28-45)43(44(38)48-41-23-10-6-18-35(41)36-19-7-11-24-42(36)48)37-20-3-2-15-32(37)29-13-12-14-31(27-29)47-39-21-8-4-16-33(39)34-17-5-9-22-40(34)47/h2-27H. The van der Waals surface area contributed by atoms with E-state index in [0.717, 1.165) is 60.8 Å². The van der Waals surface area contributed by atoms with Crippen molar-refractivity contribution in [1.82, 2.24) is 9.13 Å². The summed E-state index contributed by atoms with van der Waals surface area (Å²) in [6.07, 6.45) is 0. The van der Waals surface area contributed by atoms with Crippen LogP contribution in [0.25, 0.3) is 82.1 Å². The summed E-state index contributed by atoms with van der Waals surface area (Å²) in [5, 5.41) is 15.2. The maximum Gasteiger partial charge on any atom is 0.211 e. The summed E-state index contributed by atoms with van der Waals surface area (Å²) >= 11 is 0. The van der Waals surface area contributed by atoms with Crippen LogP contribution in [0.3, 0.4) is 0 Å². The highest BCUT2D eigenvalue weighted by atomic mass is 15.0. The van der Waals surface area contributed by atoms with Crippen LogP contribution in [0.2, 0.25) is 0 Å². The summed E-state index contributed by atoms with van der Waals surface area (Å²) in [6, 6.07) is 56.5. The molecule has 48 heavy (non-hydrogen) atoms. The lowest BCUT2D eigenvalue weighted by Gasteiger charge is -2.20. The molecule has 0 aliphatic heterocycles. The molecule has 9 aromatic rings. The third-order valence-electron chi connectivity index (χ3n) is 9.39. The Morgan fingerprint density at radius 3 is 1.54 bits per heavy atom. The molecule has 0 aliphatic rings. The normalized spacial score (nSPS) is 11.3. The molecule has 0 fully saturated rings. The van der Waals surface area contributed by atoms with Crippen molar-refractivity contribution in [3.63, 3.8) is 0 Å². The molecule has 9 rings (SSSR count). The fraction of sp³-hybridized carbons (Fsp3) is 0. The number of aromatic nitrogens is 2. The Hall–Kier alpha value is -6.88. The van der Waals surface area contributed by atoms with Gasteiger partial charge in [0.1, 0.15) is 0 Å². The molecule has 0 amide bonds. The SMILES string of the molecule is [C-]#[N+]c1ccc(C#N)c(-c2ccccc2-c2cccc(-n3c4ccccc4c4ccccc43)c2)c1-n1c2ccccc2c2ccccc21. The smallest absolute Gasteiger partial charge is 0.211 e. The van der Waals surface area contributed by atoms with Crippen LogP contribution in [0.5, 0.6) is 0 Å². The van der Waals surface area contributed by atoms with Gasteiger partial charge < -0.3 is 9.13 Å². The van der Waals surface area contributed by atoms with E-state index in [0.29, 0.717) is 16.9 Å². The summed E-state index contributed by atoms with van der Waals surface area (Å²) in [5.74, 6) is 0. The molecule has 0 bridgehead atoms. The minimum atomic E-state index is 0.490. The van der Waals surface area contributed by atoms with Gasteiger partial charge in [-0.25, -0.2) is 4.85 Å². The second kappa shape index (κ2) is 10.9. The van der Waals surface area contributed by atoms with Crippen molar-refractivity contribution in [3.8, 4) is 39.7 Å². The summed E-state index contributed by atoms with van der Waals surface area (Å²) < 4.78 is 4.49. The van der Waals surface area contributed by atoms with E-state index in [1.165, 1.54) is 10.8 Å². The van der Waals surface area contributed by atoms with Crippen LogP contribution >= 0.6 is 0 Å². The predicted octanol–water partition coefficient (Wildman–Crippen LogP) is 11.6.